The van der Waals surface area contributed by atoms with Crippen molar-refractivity contribution in [3.05, 3.63) is 92.8 Å². The first kappa shape index (κ1) is 29.5. The number of aryl methyl sites for hydroxylation is 1. The van der Waals surface area contributed by atoms with E-state index >= 15 is 0 Å². The van der Waals surface area contributed by atoms with Crippen LogP contribution in [0.15, 0.2) is 71.1 Å². The fraction of sp³-hybridized carbons (Fsp3) is 0.405. The van der Waals surface area contributed by atoms with Crippen molar-refractivity contribution in [3.8, 4) is 11.5 Å². The Hall–Kier alpha value is -3.57. The van der Waals surface area contributed by atoms with Crippen LogP contribution in [0.3, 0.4) is 0 Å². The monoisotopic (exact) mass is 597 g/mol. The SMILES string of the molecule is COc1cc(C2C3=C(CC(C)(C)CC3=O)N(C)C3=C2C(=O)CC(C)(C)C3)cc(Cl)c1OCc1c(C)ccc2ccccc12. The van der Waals surface area contributed by atoms with Gasteiger partial charge in [-0.15, -0.1) is 0 Å². The summed E-state index contributed by atoms with van der Waals surface area (Å²) in [5.41, 5.74) is 6.14. The lowest BCUT2D eigenvalue weighted by Crippen LogP contribution is -2.43. The molecule has 0 bridgehead atoms. The molecule has 5 nitrogen and oxygen atoms in total. The molecule has 1 heterocycles. The van der Waals surface area contributed by atoms with E-state index in [-0.39, 0.29) is 22.4 Å². The van der Waals surface area contributed by atoms with Gasteiger partial charge in [-0.25, -0.2) is 0 Å². The molecular formula is C37H40ClNO4. The maximum Gasteiger partial charge on any atom is 0.180 e. The predicted molar refractivity (Wildman–Crippen MR) is 172 cm³/mol. The lowest BCUT2D eigenvalue weighted by Gasteiger charge is -2.48. The van der Waals surface area contributed by atoms with E-state index < -0.39 is 5.92 Å². The van der Waals surface area contributed by atoms with Crippen LogP contribution in [0.1, 0.15) is 76.0 Å². The summed E-state index contributed by atoms with van der Waals surface area (Å²) in [6.45, 7) is 11.0. The number of allylic oxidation sites excluding steroid dienone is 4. The summed E-state index contributed by atoms with van der Waals surface area (Å²) in [7, 11) is 3.61. The minimum Gasteiger partial charge on any atom is -0.493 e. The number of Topliss-reactive ketones (excluding diaryl/α,β-unsaturated/α-hetero) is 2. The molecule has 0 radical (unpaired) electrons. The quantitative estimate of drug-likeness (QED) is 0.294. The molecule has 6 rings (SSSR count). The molecule has 0 unspecified atom stereocenters. The molecule has 1 aliphatic heterocycles. The predicted octanol–water partition coefficient (Wildman–Crippen LogP) is 8.70. The van der Waals surface area contributed by atoms with Gasteiger partial charge in [0.25, 0.3) is 0 Å². The lowest BCUT2D eigenvalue weighted by atomic mass is 9.63. The van der Waals surface area contributed by atoms with E-state index in [9.17, 15) is 9.59 Å². The van der Waals surface area contributed by atoms with Crippen molar-refractivity contribution in [3.63, 3.8) is 0 Å². The second kappa shape index (κ2) is 10.6. The minimum absolute atomic E-state index is 0.0918. The van der Waals surface area contributed by atoms with Gasteiger partial charge in [0.05, 0.1) is 12.1 Å². The smallest absolute Gasteiger partial charge is 0.180 e. The summed E-state index contributed by atoms with van der Waals surface area (Å²) in [6.07, 6.45) is 2.41. The highest BCUT2D eigenvalue weighted by molar-refractivity contribution is 6.32. The van der Waals surface area contributed by atoms with Crippen LogP contribution in [0.4, 0.5) is 0 Å². The zero-order chi connectivity index (χ0) is 30.8. The number of carbonyl (C=O) groups excluding carboxylic acids is 2. The largest absolute Gasteiger partial charge is 0.493 e. The zero-order valence-electron chi connectivity index (χ0n) is 26.2. The Morgan fingerprint density at radius 3 is 2.09 bits per heavy atom. The molecule has 0 fully saturated rings. The number of fused-ring (bicyclic) bond motifs is 1. The Morgan fingerprint density at radius 1 is 0.884 bits per heavy atom. The molecule has 6 heteroatoms. The molecule has 0 aromatic heterocycles. The summed E-state index contributed by atoms with van der Waals surface area (Å²) in [4.78, 5) is 29.9. The first-order valence-electron chi connectivity index (χ1n) is 15.0. The summed E-state index contributed by atoms with van der Waals surface area (Å²) < 4.78 is 12.2. The summed E-state index contributed by atoms with van der Waals surface area (Å²) in [6, 6.07) is 16.2. The molecule has 43 heavy (non-hydrogen) atoms. The first-order chi connectivity index (χ1) is 20.3. The Labute approximate surface area is 259 Å². The third kappa shape index (κ3) is 5.16. The van der Waals surface area contributed by atoms with Gasteiger partial charge >= 0.3 is 0 Å². The maximum atomic E-state index is 13.9. The van der Waals surface area contributed by atoms with Gasteiger partial charge in [0.1, 0.15) is 6.61 Å². The van der Waals surface area contributed by atoms with Gasteiger partial charge < -0.3 is 14.4 Å². The third-order valence-electron chi connectivity index (χ3n) is 9.40. The lowest BCUT2D eigenvalue weighted by molar-refractivity contribution is -0.119. The molecule has 0 N–H and O–H groups in total. The third-order valence-corrected chi connectivity index (χ3v) is 9.68. The molecule has 0 atom stereocenters. The Balaban J connectivity index is 1.45. The van der Waals surface area contributed by atoms with Crippen molar-refractivity contribution < 1.29 is 19.1 Å². The van der Waals surface area contributed by atoms with Gasteiger partial charge in [0, 0.05) is 53.9 Å². The van der Waals surface area contributed by atoms with Crippen LogP contribution >= 0.6 is 11.6 Å². The fourth-order valence-corrected chi connectivity index (χ4v) is 7.60. The number of nitrogens with zero attached hydrogens (tertiary/aromatic N) is 1. The molecule has 224 valence electrons. The number of ether oxygens (including phenoxy) is 2. The number of rotatable bonds is 5. The molecule has 0 saturated carbocycles. The van der Waals surface area contributed by atoms with Gasteiger partial charge in [0.15, 0.2) is 23.1 Å². The first-order valence-corrected chi connectivity index (χ1v) is 15.4. The number of halogens is 1. The van der Waals surface area contributed by atoms with Gasteiger partial charge in [-0.1, -0.05) is 75.7 Å². The van der Waals surface area contributed by atoms with E-state index in [0.29, 0.717) is 47.1 Å². The highest BCUT2D eigenvalue weighted by Gasteiger charge is 2.48. The van der Waals surface area contributed by atoms with Crippen molar-refractivity contribution >= 4 is 33.9 Å². The molecule has 3 aliphatic rings. The van der Waals surface area contributed by atoms with E-state index in [1.807, 2.05) is 31.3 Å². The molecule has 0 saturated heterocycles. The number of hydrogen-bond acceptors (Lipinski definition) is 5. The van der Waals surface area contributed by atoms with E-state index in [0.717, 1.165) is 51.7 Å². The van der Waals surface area contributed by atoms with E-state index in [1.165, 1.54) is 0 Å². The standard InChI is InChI=1S/C37H40ClNO4/c1-21-12-13-22-10-8-9-11-24(22)25(21)20-43-35-26(38)14-23(15-31(35)42-7)32-33-27(16-36(2,3)18-29(33)40)39(6)28-17-37(4,5)19-30(41)34(28)32/h8-15,32H,16-20H2,1-7H3. The second-order valence-corrected chi connectivity index (χ2v) is 14.4. The average molecular weight is 598 g/mol. The van der Waals surface area contributed by atoms with E-state index in [4.69, 9.17) is 21.1 Å². The van der Waals surface area contributed by atoms with Crippen molar-refractivity contribution in [1.29, 1.82) is 0 Å². The Bertz CT molecular complexity index is 1690. The number of ketones is 2. The number of hydrogen-bond donors (Lipinski definition) is 0. The summed E-state index contributed by atoms with van der Waals surface area (Å²) in [5.74, 6) is 0.622. The van der Waals surface area contributed by atoms with Crippen LogP contribution in [0.2, 0.25) is 5.02 Å². The van der Waals surface area contributed by atoms with Crippen LogP contribution in [-0.4, -0.2) is 30.6 Å². The Kier molecular flexibility index (Phi) is 7.24. The minimum atomic E-state index is -0.492. The van der Waals surface area contributed by atoms with Crippen LogP contribution in [0.25, 0.3) is 10.8 Å². The van der Waals surface area contributed by atoms with Crippen molar-refractivity contribution in [1.82, 2.24) is 4.90 Å². The van der Waals surface area contributed by atoms with Gasteiger partial charge in [-0.05, 0) is 64.6 Å². The van der Waals surface area contributed by atoms with Gasteiger partial charge in [0.2, 0.25) is 0 Å². The van der Waals surface area contributed by atoms with E-state index in [1.54, 1.807) is 7.11 Å². The highest BCUT2D eigenvalue weighted by Crippen LogP contribution is 2.55. The molecule has 3 aromatic carbocycles. The highest BCUT2D eigenvalue weighted by atomic mass is 35.5. The summed E-state index contributed by atoms with van der Waals surface area (Å²) >= 11 is 6.98. The topological polar surface area (TPSA) is 55.8 Å². The normalized spacial score (nSPS) is 20.0. The van der Waals surface area contributed by atoms with Crippen LogP contribution in [0.5, 0.6) is 11.5 Å². The van der Waals surface area contributed by atoms with Crippen LogP contribution in [0, 0.1) is 17.8 Å². The van der Waals surface area contributed by atoms with Gasteiger partial charge in [-0.2, -0.15) is 0 Å². The van der Waals surface area contributed by atoms with E-state index in [2.05, 4.69) is 63.8 Å². The van der Waals surface area contributed by atoms with Crippen molar-refractivity contribution in [2.75, 3.05) is 14.2 Å². The number of methoxy groups -OCH3 is 1. The molecule has 0 amide bonds. The molecule has 0 spiro atoms. The van der Waals surface area contributed by atoms with Crippen molar-refractivity contribution in [2.24, 2.45) is 10.8 Å². The Morgan fingerprint density at radius 2 is 1.49 bits per heavy atom. The van der Waals surface area contributed by atoms with Crippen molar-refractivity contribution in [2.45, 2.75) is 72.8 Å². The molecule has 3 aromatic rings. The average Bonchev–Trinajstić information content (AvgIpc) is 2.93. The number of benzene rings is 3. The summed E-state index contributed by atoms with van der Waals surface area (Å²) in [5, 5.41) is 2.68. The van der Waals surface area contributed by atoms with Crippen LogP contribution < -0.4 is 9.47 Å². The fourth-order valence-electron chi connectivity index (χ4n) is 7.33. The van der Waals surface area contributed by atoms with Crippen LogP contribution in [-0.2, 0) is 16.2 Å². The number of carbonyl (C=O) groups is 2. The zero-order valence-corrected chi connectivity index (χ0v) is 26.9. The maximum absolute atomic E-state index is 13.9. The second-order valence-electron chi connectivity index (χ2n) is 14.0. The molecule has 2 aliphatic carbocycles. The molecular weight excluding hydrogens is 558 g/mol. The van der Waals surface area contributed by atoms with Gasteiger partial charge in [-0.3, -0.25) is 9.59 Å².